The minimum atomic E-state index is -3.59. The summed E-state index contributed by atoms with van der Waals surface area (Å²) in [6.07, 6.45) is 0. The summed E-state index contributed by atoms with van der Waals surface area (Å²) in [6.45, 7) is -0.00379. The van der Waals surface area contributed by atoms with Gasteiger partial charge < -0.3 is 0 Å². The minimum Gasteiger partial charge on any atom is -0.207 e. The summed E-state index contributed by atoms with van der Waals surface area (Å²) in [5.74, 6) is 5.55. The molecule has 0 aliphatic rings. The first-order chi connectivity index (χ1) is 9.99. The van der Waals surface area contributed by atoms with Gasteiger partial charge in [-0.05, 0) is 36.4 Å². The van der Waals surface area contributed by atoms with Gasteiger partial charge in [0.05, 0.1) is 16.5 Å². The van der Waals surface area contributed by atoms with Crippen molar-refractivity contribution in [3.63, 3.8) is 0 Å². The van der Waals surface area contributed by atoms with Crippen molar-refractivity contribution in [3.8, 4) is 11.8 Å². The maximum atomic E-state index is 12.0. The van der Waals surface area contributed by atoms with E-state index >= 15 is 0 Å². The van der Waals surface area contributed by atoms with Crippen molar-refractivity contribution in [1.29, 1.82) is 0 Å². The molecule has 0 amide bonds. The fourth-order valence-electron chi connectivity index (χ4n) is 1.53. The van der Waals surface area contributed by atoms with Crippen LogP contribution in [0.2, 0.25) is 10.0 Å². The monoisotopic (exact) mass is 339 g/mol. The number of nitrogens with one attached hydrogen (secondary N) is 1. The third kappa shape index (κ3) is 4.48. The quantitative estimate of drug-likeness (QED) is 0.872. The second-order valence-corrected chi connectivity index (χ2v) is 6.67. The molecule has 0 saturated carbocycles. The normalized spacial score (nSPS) is 10.8. The Labute approximate surface area is 133 Å². The highest BCUT2D eigenvalue weighted by Crippen LogP contribution is 2.14. The van der Waals surface area contributed by atoms with Crippen molar-refractivity contribution in [2.75, 3.05) is 6.54 Å². The maximum Gasteiger partial charge on any atom is 0.241 e. The molecule has 0 aliphatic heterocycles. The molecule has 3 nitrogen and oxygen atoms in total. The Morgan fingerprint density at radius 3 is 2.33 bits per heavy atom. The third-order valence-corrected chi connectivity index (χ3v) is 4.57. The summed E-state index contributed by atoms with van der Waals surface area (Å²) in [7, 11) is -3.59. The van der Waals surface area contributed by atoms with Crippen LogP contribution in [0.1, 0.15) is 5.56 Å². The van der Waals surface area contributed by atoms with E-state index in [-0.39, 0.29) is 11.4 Å². The highest BCUT2D eigenvalue weighted by Gasteiger charge is 2.11. The molecule has 0 bridgehead atoms. The van der Waals surface area contributed by atoms with Crippen LogP contribution in [-0.4, -0.2) is 15.0 Å². The molecule has 0 heterocycles. The molecule has 0 fully saturated rings. The Hall–Kier alpha value is -1.51. The van der Waals surface area contributed by atoms with Gasteiger partial charge in [-0.2, -0.15) is 4.72 Å². The fraction of sp³-hybridized carbons (Fsp3) is 0.0667. The Balaban J connectivity index is 2.04. The van der Waals surface area contributed by atoms with Gasteiger partial charge in [0.2, 0.25) is 10.0 Å². The Bertz CT molecular complexity index is 790. The molecule has 0 unspecified atom stereocenters. The lowest BCUT2D eigenvalue weighted by molar-refractivity contribution is 0.586. The lowest BCUT2D eigenvalue weighted by Gasteiger charge is -2.03. The zero-order valence-corrected chi connectivity index (χ0v) is 13.1. The van der Waals surface area contributed by atoms with Crippen molar-refractivity contribution >= 4 is 33.2 Å². The molecule has 0 aliphatic carbocycles. The molecule has 2 aromatic carbocycles. The Morgan fingerprint density at radius 1 is 1.00 bits per heavy atom. The Morgan fingerprint density at radius 2 is 1.67 bits per heavy atom. The zero-order chi connectivity index (χ0) is 15.3. The average Bonchev–Trinajstić information content (AvgIpc) is 2.46. The van der Waals surface area contributed by atoms with E-state index in [1.807, 2.05) is 6.07 Å². The maximum absolute atomic E-state index is 12.0. The fourth-order valence-corrected chi connectivity index (χ4v) is 2.76. The summed E-state index contributed by atoms with van der Waals surface area (Å²) >= 11 is 11.7. The van der Waals surface area contributed by atoms with Gasteiger partial charge in [-0.25, -0.2) is 8.42 Å². The highest BCUT2D eigenvalue weighted by atomic mass is 35.5. The predicted octanol–water partition coefficient (Wildman–Crippen LogP) is 3.32. The van der Waals surface area contributed by atoms with Crippen LogP contribution in [0.15, 0.2) is 53.4 Å². The lowest BCUT2D eigenvalue weighted by atomic mass is 10.2. The first-order valence-electron chi connectivity index (χ1n) is 5.98. The summed E-state index contributed by atoms with van der Waals surface area (Å²) in [5, 5.41) is 1.01. The van der Waals surface area contributed by atoms with E-state index in [9.17, 15) is 8.42 Å². The van der Waals surface area contributed by atoms with Crippen molar-refractivity contribution in [3.05, 3.63) is 64.1 Å². The summed E-state index contributed by atoms with van der Waals surface area (Å²) < 4.78 is 26.3. The Kier molecular flexibility index (Phi) is 5.27. The van der Waals surface area contributed by atoms with E-state index in [0.717, 1.165) is 0 Å². The molecule has 0 aromatic heterocycles. The van der Waals surface area contributed by atoms with Crippen molar-refractivity contribution in [2.24, 2.45) is 0 Å². The molecular formula is C15H11Cl2NO2S. The smallest absolute Gasteiger partial charge is 0.207 e. The van der Waals surface area contributed by atoms with E-state index in [0.29, 0.717) is 15.6 Å². The van der Waals surface area contributed by atoms with Crippen molar-refractivity contribution in [2.45, 2.75) is 4.90 Å². The van der Waals surface area contributed by atoms with Crippen LogP contribution in [-0.2, 0) is 10.0 Å². The van der Waals surface area contributed by atoms with Crippen LogP contribution in [0.5, 0.6) is 0 Å². The number of rotatable bonds is 3. The predicted molar refractivity (Wildman–Crippen MR) is 85.0 cm³/mol. The molecule has 1 N–H and O–H groups in total. The van der Waals surface area contributed by atoms with E-state index in [2.05, 4.69) is 16.6 Å². The van der Waals surface area contributed by atoms with Crippen LogP contribution >= 0.6 is 23.2 Å². The summed E-state index contributed by atoms with van der Waals surface area (Å²) in [5.41, 5.74) is 0.657. The zero-order valence-electron chi connectivity index (χ0n) is 10.8. The summed E-state index contributed by atoms with van der Waals surface area (Å²) in [4.78, 5) is 0.145. The van der Waals surface area contributed by atoms with Crippen LogP contribution < -0.4 is 4.72 Å². The number of benzene rings is 2. The molecule has 2 aromatic rings. The van der Waals surface area contributed by atoms with Gasteiger partial charge in [0.1, 0.15) is 0 Å². The summed E-state index contributed by atoms with van der Waals surface area (Å²) in [6, 6.07) is 13.0. The standard InChI is InChI=1S/C15H11Cl2NO2S/c16-13-7-9-14(10-8-13)21(19,20)18-11-3-5-12-4-1-2-6-15(12)17/h1-2,4,6-10,18H,11H2. The number of hydrogen-bond acceptors (Lipinski definition) is 2. The topological polar surface area (TPSA) is 46.2 Å². The largest absolute Gasteiger partial charge is 0.241 e. The molecule has 108 valence electrons. The van der Waals surface area contributed by atoms with Gasteiger partial charge in [-0.3, -0.25) is 0 Å². The molecule has 6 heteroatoms. The molecule has 2 rings (SSSR count). The second kappa shape index (κ2) is 6.97. The molecule has 0 saturated heterocycles. The third-order valence-electron chi connectivity index (χ3n) is 2.57. The SMILES string of the molecule is O=S(=O)(NCC#Cc1ccccc1Cl)c1ccc(Cl)cc1. The molecule has 0 atom stereocenters. The van der Waals surface area contributed by atoms with Gasteiger partial charge in [0.25, 0.3) is 0 Å². The van der Waals surface area contributed by atoms with Crippen LogP contribution in [0, 0.1) is 11.8 Å². The first kappa shape index (κ1) is 15.9. The van der Waals surface area contributed by atoms with Crippen LogP contribution in [0.3, 0.4) is 0 Å². The number of hydrogen-bond donors (Lipinski definition) is 1. The minimum absolute atomic E-state index is 0.00379. The van der Waals surface area contributed by atoms with Gasteiger partial charge in [0, 0.05) is 10.6 Å². The molecule has 21 heavy (non-hydrogen) atoms. The van der Waals surface area contributed by atoms with E-state index in [4.69, 9.17) is 23.2 Å². The lowest BCUT2D eigenvalue weighted by Crippen LogP contribution is -2.23. The van der Waals surface area contributed by atoms with Gasteiger partial charge >= 0.3 is 0 Å². The van der Waals surface area contributed by atoms with Crippen molar-refractivity contribution < 1.29 is 8.42 Å². The first-order valence-corrected chi connectivity index (χ1v) is 8.21. The molecule has 0 spiro atoms. The molecule has 0 radical (unpaired) electrons. The van der Waals surface area contributed by atoms with Crippen LogP contribution in [0.4, 0.5) is 0 Å². The molecular weight excluding hydrogens is 329 g/mol. The second-order valence-electron chi connectivity index (χ2n) is 4.06. The van der Waals surface area contributed by atoms with Gasteiger partial charge in [-0.15, -0.1) is 0 Å². The number of halogens is 2. The van der Waals surface area contributed by atoms with Gasteiger partial charge in [-0.1, -0.05) is 47.2 Å². The number of sulfonamides is 1. The van der Waals surface area contributed by atoms with E-state index in [1.165, 1.54) is 24.3 Å². The van der Waals surface area contributed by atoms with Crippen molar-refractivity contribution in [1.82, 2.24) is 4.72 Å². The van der Waals surface area contributed by atoms with E-state index < -0.39 is 10.0 Å². The highest BCUT2D eigenvalue weighted by molar-refractivity contribution is 7.89. The van der Waals surface area contributed by atoms with Crippen LogP contribution in [0.25, 0.3) is 0 Å². The van der Waals surface area contributed by atoms with Gasteiger partial charge in [0.15, 0.2) is 0 Å². The average molecular weight is 340 g/mol. The van der Waals surface area contributed by atoms with E-state index in [1.54, 1.807) is 18.2 Å².